The van der Waals surface area contributed by atoms with Crippen LogP contribution in [0.1, 0.15) is 49.2 Å². The fourth-order valence-corrected chi connectivity index (χ4v) is 4.19. The molecule has 1 N–H and O–H groups in total. The topological polar surface area (TPSA) is 77.8 Å². The third-order valence-corrected chi connectivity index (χ3v) is 5.69. The highest BCUT2D eigenvalue weighted by Crippen LogP contribution is 2.43. The summed E-state index contributed by atoms with van der Waals surface area (Å²) in [4.78, 5) is 25.3. The van der Waals surface area contributed by atoms with Gasteiger partial charge in [-0.2, -0.15) is 13.2 Å². The van der Waals surface area contributed by atoms with Gasteiger partial charge in [0.05, 0.1) is 24.2 Å². The van der Waals surface area contributed by atoms with Crippen LogP contribution in [0.15, 0.2) is 63.4 Å². The van der Waals surface area contributed by atoms with Crippen LogP contribution in [-0.2, 0) is 27.1 Å². The number of allylic oxidation sites excluding steroid dienone is 3. The molecule has 1 unspecified atom stereocenters. The fourth-order valence-electron chi connectivity index (χ4n) is 4.19. The standard InChI is InChI=1S/C24H22F3NO5/c1-13-20(23(30)31-2)22(21-17(28-13)7-4-8-18(21)29)19-10-9-16(33-19)12-32-15-6-3-5-14(11-15)24(25,26)27/h3,5-6,9-11,22,28H,4,7-8,12H2,1-2H3. The Bertz CT molecular complexity index is 1160. The normalized spacial score (nSPS) is 18.7. The molecule has 0 bridgehead atoms. The zero-order chi connectivity index (χ0) is 23.8. The monoisotopic (exact) mass is 461 g/mol. The van der Waals surface area contributed by atoms with Gasteiger partial charge in [-0.3, -0.25) is 4.79 Å². The second-order valence-electron chi connectivity index (χ2n) is 7.88. The van der Waals surface area contributed by atoms with Crippen LogP contribution < -0.4 is 10.1 Å². The molecule has 1 atom stereocenters. The predicted molar refractivity (Wildman–Crippen MR) is 111 cm³/mol. The summed E-state index contributed by atoms with van der Waals surface area (Å²) in [5.74, 6) is -0.629. The summed E-state index contributed by atoms with van der Waals surface area (Å²) in [6.07, 6.45) is -2.71. The van der Waals surface area contributed by atoms with Crippen molar-refractivity contribution >= 4 is 11.8 Å². The molecule has 0 spiro atoms. The largest absolute Gasteiger partial charge is 0.486 e. The number of ketones is 1. The van der Waals surface area contributed by atoms with Gasteiger partial charge in [-0.1, -0.05) is 6.07 Å². The Morgan fingerprint density at radius 1 is 1.21 bits per heavy atom. The van der Waals surface area contributed by atoms with Crippen LogP contribution in [0.25, 0.3) is 0 Å². The van der Waals surface area contributed by atoms with Crippen LogP contribution in [0.5, 0.6) is 5.75 Å². The average molecular weight is 461 g/mol. The van der Waals surface area contributed by atoms with Crippen molar-refractivity contribution in [2.75, 3.05) is 7.11 Å². The minimum Gasteiger partial charge on any atom is -0.486 e. The van der Waals surface area contributed by atoms with Crippen LogP contribution in [0, 0.1) is 0 Å². The lowest BCUT2D eigenvalue weighted by Crippen LogP contribution is -2.34. The van der Waals surface area contributed by atoms with Gasteiger partial charge < -0.3 is 19.2 Å². The first-order valence-electron chi connectivity index (χ1n) is 10.4. The molecular formula is C24H22F3NO5. The number of carbonyl (C=O) groups excluding carboxylic acids is 2. The van der Waals surface area contributed by atoms with E-state index in [1.165, 1.54) is 19.2 Å². The summed E-state index contributed by atoms with van der Waals surface area (Å²) in [6.45, 7) is 1.62. The molecule has 0 amide bonds. The molecule has 33 heavy (non-hydrogen) atoms. The molecule has 4 rings (SSSR count). The van der Waals surface area contributed by atoms with Crippen molar-refractivity contribution in [1.29, 1.82) is 0 Å². The SMILES string of the molecule is COC(=O)C1=C(C)NC2=C(C(=O)CCC2)C1c1ccc(COc2cccc(C(F)(F)F)c2)o1. The number of hydrogen-bond donors (Lipinski definition) is 1. The van der Waals surface area contributed by atoms with Gasteiger partial charge in [-0.15, -0.1) is 0 Å². The molecule has 0 fully saturated rings. The van der Waals surface area contributed by atoms with E-state index in [4.69, 9.17) is 13.9 Å². The maximum Gasteiger partial charge on any atom is 0.416 e. The Hall–Kier alpha value is -3.49. The Kier molecular flexibility index (Phi) is 6.05. The molecule has 0 saturated heterocycles. The van der Waals surface area contributed by atoms with Gasteiger partial charge in [0.2, 0.25) is 0 Å². The number of nitrogens with one attached hydrogen (secondary N) is 1. The minimum absolute atomic E-state index is 0.0445. The molecular weight excluding hydrogens is 439 g/mol. The van der Waals surface area contributed by atoms with Crippen molar-refractivity contribution in [1.82, 2.24) is 5.32 Å². The van der Waals surface area contributed by atoms with Crippen LogP contribution in [0.2, 0.25) is 0 Å². The van der Waals surface area contributed by atoms with E-state index in [0.717, 1.165) is 17.8 Å². The van der Waals surface area contributed by atoms with Crippen molar-refractivity contribution in [2.45, 2.75) is 44.9 Å². The van der Waals surface area contributed by atoms with Gasteiger partial charge in [-0.05, 0) is 50.1 Å². The number of dihydropyridines is 1. The van der Waals surface area contributed by atoms with E-state index in [1.807, 2.05) is 0 Å². The quantitative estimate of drug-likeness (QED) is 0.631. The number of halogens is 3. The van der Waals surface area contributed by atoms with Gasteiger partial charge >= 0.3 is 12.1 Å². The van der Waals surface area contributed by atoms with Crippen LogP contribution >= 0.6 is 0 Å². The molecule has 2 heterocycles. The van der Waals surface area contributed by atoms with Crippen molar-refractivity contribution in [3.63, 3.8) is 0 Å². The molecule has 9 heteroatoms. The maximum atomic E-state index is 12.9. The third kappa shape index (κ3) is 4.53. The van der Waals surface area contributed by atoms with E-state index in [1.54, 1.807) is 19.1 Å². The van der Waals surface area contributed by atoms with Gasteiger partial charge in [0, 0.05) is 23.4 Å². The van der Waals surface area contributed by atoms with Crippen molar-refractivity contribution in [3.8, 4) is 5.75 Å². The van der Waals surface area contributed by atoms with E-state index < -0.39 is 23.6 Å². The second-order valence-corrected chi connectivity index (χ2v) is 7.88. The van der Waals surface area contributed by atoms with Crippen LogP contribution in [0.3, 0.4) is 0 Å². The van der Waals surface area contributed by atoms with E-state index in [9.17, 15) is 22.8 Å². The lowest BCUT2D eigenvalue weighted by molar-refractivity contribution is -0.138. The number of carbonyl (C=O) groups is 2. The number of esters is 1. The lowest BCUT2D eigenvalue weighted by atomic mass is 9.77. The molecule has 6 nitrogen and oxygen atoms in total. The second kappa shape index (κ2) is 8.80. The number of Topliss-reactive ketones (excluding diaryl/α,β-unsaturated/α-hetero) is 1. The molecule has 1 aromatic heterocycles. The third-order valence-electron chi connectivity index (χ3n) is 5.69. The number of alkyl halides is 3. The number of benzene rings is 1. The maximum absolute atomic E-state index is 12.9. The van der Waals surface area contributed by atoms with E-state index in [2.05, 4.69) is 5.32 Å². The molecule has 2 aromatic rings. The number of furan rings is 1. The summed E-state index contributed by atoms with van der Waals surface area (Å²) in [5.41, 5.74) is 1.30. The average Bonchev–Trinajstić information content (AvgIpc) is 3.25. The molecule has 1 aromatic carbocycles. The summed E-state index contributed by atoms with van der Waals surface area (Å²) in [7, 11) is 1.27. The van der Waals surface area contributed by atoms with Gasteiger partial charge in [0.25, 0.3) is 0 Å². The zero-order valence-corrected chi connectivity index (χ0v) is 18.0. The molecule has 2 aliphatic rings. The van der Waals surface area contributed by atoms with Crippen LogP contribution in [0.4, 0.5) is 13.2 Å². The minimum atomic E-state index is -4.47. The molecule has 0 radical (unpaired) electrons. The zero-order valence-electron chi connectivity index (χ0n) is 18.0. The van der Waals surface area contributed by atoms with Gasteiger partial charge in [0.1, 0.15) is 23.9 Å². The smallest absolute Gasteiger partial charge is 0.416 e. The van der Waals surface area contributed by atoms with E-state index >= 15 is 0 Å². The Morgan fingerprint density at radius 3 is 2.73 bits per heavy atom. The fraction of sp³-hybridized carbons (Fsp3) is 0.333. The highest BCUT2D eigenvalue weighted by Gasteiger charge is 2.40. The Labute approximate surface area is 188 Å². The number of hydrogen-bond acceptors (Lipinski definition) is 6. The van der Waals surface area contributed by atoms with Crippen molar-refractivity contribution in [2.24, 2.45) is 0 Å². The summed E-state index contributed by atoms with van der Waals surface area (Å²) in [5, 5.41) is 3.16. The van der Waals surface area contributed by atoms with Gasteiger partial charge in [-0.25, -0.2) is 4.79 Å². The highest BCUT2D eigenvalue weighted by atomic mass is 19.4. The summed E-state index contributed by atoms with van der Waals surface area (Å²) >= 11 is 0. The summed E-state index contributed by atoms with van der Waals surface area (Å²) in [6, 6.07) is 7.82. The van der Waals surface area contributed by atoms with Crippen molar-refractivity contribution in [3.05, 3.63) is 76.0 Å². The van der Waals surface area contributed by atoms with Crippen LogP contribution in [-0.4, -0.2) is 18.9 Å². The summed E-state index contributed by atoms with van der Waals surface area (Å²) < 4.78 is 55.1. The van der Waals surface area contributed by atoms with Crippen molar-refractivity contribution < 1.29 is 36.7 Å². The first-order valence-corrected chi connectivity index (χ1v) is 10.4. The van der Waals surface area contributed by atoms with Gasteiger partial charge in [0.15, 0.2) is 5.78 Å². The number of ether oxygens (including phenoxy) is 2. The van der Waals surface area contributed by atoms with E-state index in [-0.39, 0.29) is 23.7 Å². The number of rotatable bonds is 5. The Morgan fingerprint density at radius 2 is 2.00 bits per heavy atom. The van der Waals surface area contributed by atoms with E-state index in [0.29, 0.717) is 42.1 Å². The molecule has 1 aliphatic heterocycles. The molecule has 1 aliphatic carbocycles. The predicted octanol–water partition coefficient (Wildman–Crippen LogP) is 5.02. The lowest BCUT2D eigenvalue weighted by Gasteiger charge is -2.32. The first-order chi connectivity index (χ1) is 15.7. The first kappa shape index (κ1) is 22.7. The Balaban J connectivity index is 1.61. The number of methoxy groups -OCH3 is 1. The molecule has 0 saturated carbocycles. The molecule has 174 valence electrons. The highest BCUT2D eigenvalue weighted by molar-refractivity contribution is 6.03.